The van der Waals surface area contributed by atoms with E-state index in [2.05, 4.69) is 284 Å². The number of fused-ring (bicyclic) bond motifs is 7. The summed E-state index contributed by atoms with van der Waals surface area (Å²) in [5.41, 5.74) is 4.25. The predicted molar refractivity (Wildman–Crippen MR) is 403 cm³/mol. The van der Waals surface area contributed by atoms with Crippen molar-refractivity contribution in [1.82, 2.24) is 67.4 Å². The van der Waals surface area contributed by atoms with Gasteiger partial charge in [-0.15, -0.1) is 0 Å². The van der Waals surface area contributed by atoms with Gasteiger partial charge >= 0.3 is 0 Å². The minimum absolute atomic E-state index is 0. The van der Waals surface area contributed by atoms with Crippen LogP contribution < -0.4 is 16.0 Å². The second kappa shape index (κ2) is 51.6. The molecule has 0 aliphatic carbocycles. The van der Waals surface area contributed by atoms with Crippen molar-refractivity contribution < 1.29 is 14.3 Å². The van der Waals surface area contributed by atoms with E-state index in [-0.39, 0.29) is 19.2 Å². The SMILES string of the molecule is C.CC(C)C.CC(C)C.CC(C)C.CC(C)C.CC(C)C.CC(C)C.CC(C)C.CN1CCn2cccc2C1.CN1CCn2ccnc2C1=O.O=C1NCCn2ccnc21.c1cc2n(c1)CCCC2.c1cc2n(c1)CCN2.c1cc2n(c1)CCOC2.c1cn2c(n1)CNCC2. The summed E-state index contributed by atoms with van der Waals surface area (Å²) >= 11 is 0. The molecule has 14 heterocycles. The van der Waals surface area contributed by atoms with Crippen LogP contribution in [0.3, 0.4) is 0 Å². The minimum Gasteiger partial charge on any atom is -0.373 e. The average Bonchev–Trinajstić information content (AvgIpc) is 1.83. The van der Waals surface area contributed by atoms with E-state index >= 15 is 0 Å². The molecule has 0 saturated carbocycles. The van der Waals surface area contributed by atoms with Crippen LogP contribution in [0.5, 0.6) is 0 Å². The lowest BCUT2D eigenvalue weighted by Gasteiger charge is -2.24. The number of carbonyl (C=O) groups is 2. The molecular formula is C77H139N15O3. The Bertz CT molecular complexity index is 2670. The summed E-state index contributed by atoms with van der Waals surface area (Å²) in [6, 6.07) is 17.0. The number of imidazole rings is 3. The first-order valence-corrected chi connectivity index (χ1v) is 35.4. The summed E-state index contributed by atoms with van der Waals surface area (Å²) in [5, 5.41) is 9.19. The van der Waals surface area contributed by atoms with Crippen LogP contribution in [0.1, 0.15) is 210 Å². The molecule has 18 heteroatoms. The number of ether oxygens (including phenoxy) is 1. The average molecular weight is 1320 g/mol. The molecule has 0 saturated heterocycles. The molecule has 0 spiro atoms. The van der Waals surface area contributed by atoms with Gasteiger partial charge in [0.2, 0.25) is 0 Å². The molecule has 0 aromatic carbocycles. The largest absolute Gasteiger partial charge is 0.373 e. The Morgan fingerprint density at radius 1 is 0.421 bits per heavy atom. The van der Waals surface area contributed by atoms with Gasteiger partial charge in [-0.3, -0.25) is 14.5 Å². The van der Waals surface area contributed by atoms with Gasteiger partial charge in [-0.2, -0.15) is 0 Å². The van der Waals surface area contributed by atoms with Gasteiger partial charge in [0.05, 0.1) is 19.8 Å². The Morgan fingerprint density at radius 3 is 1.40 bits per heavy atom. The lowest BCUT2D eigenvalue weighted by atomic mass is 10.1. The van der Waals surface area contributed by atoms with Gasteiger partial charge in [-0.1, -0.05) is 153 Å². The lowest BCUT2D eigenvalue weighted by molar-refractivity contribution is 0.0741. The van der Waals surface area contributed by atoms with Crippen LogP contribution in [0.2, 0.25) is 0 Å². The number of nitrogens with zero attached hydrogens (tertiary/aromatic N) is 12. The molecular weight excluding hydrogens is 1180 g/mol. The van der Waals surface area contributed by atoms with Gasteiger partial charge in [0.1, 0.15) is 11.6 Å². The Kier molecular flexibility index (Phi) is 48.0. The van der Waals surface area contributed by atoms with Crippen LogP contribution in [0, 0.1) is 41.4 Å². The zero-order chi connectivity index (χ0) is 70.5. The topological polar surface area (TPSA) is 159 Å². The fraction of sp³-hybridized carbons (Fsp3) is 0.649. The molecule has 540 valence electrons. The highest BCUT2D eigenvalue weighted by Gasteiger charge is 2.22. The Balaban J connectivity index is 0.00000102. The molecule has 7 aliphatic rings. The quantitative estimate of drug-likeness (QED) is 0.134. The van der Waals surface area contributed by atoms with Gasteiger partial charge in [-0.05, 0) is 116 Å². The fourth-order valence-electron chi connectivity index (χ4n) is 8.54. The van der Waals surface area contributed by atoms with Gasteiger partial charge in [0.25, 0.3) is 11.8 Å². The highest BCUT2D eigenvalue weighted by Crippen LogP contribution is 2.15. The number of amides is 2. The number of aryl methyl sites for hydroxylation is 2. The van der Waals surface area contributed by atoms with Crippen LogP contribution in [0.15, 0.2) is 110 Å². The molecule has 0 radical (unpaired) electrons. The van der Waals surface area contributed by atoms with Crippen molar-refractivity contribution in [2.24, 2.45) is 41.4 Å². The maximum absolute atomic E-state index is 11.3. The second-order valence-corrected chi connectivity index (χ2v) is 29.0. The number of nitrogens with one attached hydrogen (secondary N) is 3. The van der Waals surface area contributed by atoms with E-state index in [0.29, 0.717) is 18.2 Å². The molecule has 7 aromatic rings. The van der Waals surface area contributed by atoms with Crippen LogP contribution in [0.4, 0.5) is 5.82 Å². The number of anilines is 1. The lowest BCUT2D eigenvalue weighted by Crippen LogP contribution is -2.37. The molecule has 2 amide bonds. The summed E-state index contributed by atoms with van der Waals surface area (Å²) < 4.78 is 20.2. The first kappa shape index (κ1) is 88.4. The molecule has 0 unspecified atom stereocenters. The first-order chi connectivity index (χ1) is 44.5. The monoisotopic (exact) mass is 1320 g/mol. The van der Waals surface area contributed by atoms with E-state index < -0.39 is 0 Å². The smallest absolute Gasteiger partial charge is 0.289 e. The summed E-state index contributed by atoms with van der Waals surface area (Å²) in [5.74, 6) is 9.26. The van der Waals surface area contributed by atoms with E-state index in [4.69, 9.17) is 4.74 Å². The predicted octanol–water partition coefficient (Wildman–Crippen LogP) is 16.5. The molecule has 0 bridgehead atoms. The van der Waals surface area contributed by atoms with E-state index in [0.717, 1.165) is 132 Å². The molecule has 18 nitrogen and oxygen atoms in total. The number of likely N-dealkylation sites (N-methyl/N-ethyl adjacent to an activating group) is 2. The fourth-order valence-corrected chi connectivity index (χ4v) is 8.54. The summed E-state index contributed by atoms with van der Waals surface area (Å²) in [6.07, 6.45) is 23.4. The van der Waals surface area contributed by atoms with Crippen molar-refractivity contribution in [3.8, 4) is 0 Å². The van der Waals surface area contributed by atoms with Crippen molar-refractivity contribution in [3.05, 3.63) is 145 Å². The molecule has 14 rings (SSSR count). The Labute approximate surface area is 579 Å². The zero-order valence-electron chi connectivity index (χ0n) is 63.5. The Hall–Kier alpha value is -6.63. The molecule has 7 aliphatic heterocycles. The molecule has 95 heavy (non-hydrogen) atoms. The van der Waals surface area contributed by atoms with Gasteiger partial charge in [0, 0.05) is 171 Å². The summed E-state index contributed by atoms with van der Waals surface area (Å²) in [4.78, 5) is 38.3. The molecule has 0 atom stereocenters. The number of carbonyl (C=O) groups excluding carboxylic acids is 2. The van der Waals surface area contributed by atoms with E-state index in [1.54, 1.807) is 24.3 Å². The van der Waals surface area contributed by atoms with Crippen molar-refractivity contribution in [1.29, 1.82) is 0 Å². The molecule has 7 aromatic heterocycles. The normalized spacial score (nSPS) is 14.5. The van der Waals surface area contributed by atoms with Crippen LogP contribution in [-0.4, -0.2) is 122 Å². The number of hydrogen-bond acceptors (Lipinski definition) is 9. The summed E-state index contributed by atoms with van der Waals surface area (Å²) in [6.45, 7) is 61.3. The third kappa shape index (κ3) is 42.5. The van der Waals surface area contributed by atoms with Crippen molar-refractivity contribution >= 4 is 17.6 Å². The maximum Gasteiger partial charge on any atom is 0.289 e. The zero-order valence-corrected chi connectivity index (χ0v) is 63.5. The van der Waals surface area contributed by atoms with Gasteiger partial charge in [0.15, 0.2) is 11.6 Å². The Morgan fingerprint density at radius 2 is 0.863 bits per heavy atom. The number of hydrogen-bond donors (Lipinski definition) is 3. The third-order valence-electron chi connectivity index (χ3n) is 12.3. The van der Waals surface area contributed by atoms with Crippen LogP contribution in [0.25, 0.3) is 0 Å². The summed E-state index contributed by atoms with van der Waals surface area (Å²) in [7, 11) is 3.96. The standard InChI is InChI=1S/C8H12N2.C8H11N.C7H9N3O.C7H9NO.C6H7N3O.C6H9N3.C6H8N2.7C4H10.CH4/c1-9-5-6-10-4-2-3-8(10)7-9;1-2-6-9-7-3-5-8(9)4-1;1-9-4-5-10-3-2-8-6(10)7(9)11;1-2-7-6-9-5-4-8(7)3-1;10-6-5-7-1-3-9(5)4-2-8-6;1-3-9-4-2-8-6(9)5-7-1;1-2-6-7-3-5-8(6)4-1;7*1-4(2)3;/h2-4H,5-7H2,1H3;3,5,7H,1-2,4,6H2;2-3H,4-5H2,1H3;1-3H,4-6H2;1,3H,2,4H2,(H,8,10);2,4,7H,1,3,5H2;1-2,4,7H,3,5H2;7*4H,1-3H3;1H4. The first-order valence-electron chi connectivity index (χ1n) is 35.4. The highest BCUT2D eigenvalue weighted by atomic mass is 16.5. The van der Waals surface area contributed by atoms with Gasteiger partial charge < -0.3 is 57.6 Å². The van der Waals surface area contributed by atoms with Crippen molar-refractivity contribution in [3.63, 3.8) is 0 Å². The van der Waals surface area contributed by atoms with E-state index in [1.165, 1.54) is 55.3 Å². The van der Waals surface area contributed by atoms with E-state index in [9.17, 15) is 9.59 Å². The van der Waals surface area contributed by atoms with Gasteiger partial charge in [-0.25, -0.2) is 15.0 Å². The minimum atomic E-state index is -0.0729. The second-order valence-electron chi connectivity index (χ2n) is 29.0. The highest BCUT2D eigenvalue weighted by molar-refractivity contribution is 5.91. The number of rotatable bonds is 0. The van der Waals surface area contributed by atoms with Crippen LogP contribution in [-0.2, 0) is 76.7 Å². The van der Waals surface area contributed by atoms with Crippen molar-refractivity contribution in [2.75, 3.05) is 58.7 Å². The number of aromatic nitrogens is 10. The molecule has 0 fully saturated rings. The van der Waals surface area contributed by atoms with E-state index in [1.807, 2.05) is 33.9 Å². The third-order valence-corrected chi connectivity index (χ3v) is 12.3. The van der Waals surface area contributed by atoms with Crippen LogP contribution >= 0.6 is 0 Å². The molecule has 3 N–H and O–H groups in total. The van der Waals surface area contributed by atoms with Crippen molar-refractivity contribution in [2.45, 2.75) is 238 Å². The maximum atomic E-state index is 11.3.